The Kier molecular flexibility index (Phi) is 6.21. The van der Waals surface area contributed by atoms with Crippen molar-refractivity contribution in [2.24, 2.45) is 0 Å². The topological polar surface area (TPSA) is 84.9 Å². The van der Waals surface area contributed by atoms with E-state index in [1.54, 1.807) is 6.07 Å². The van der Waals surface area contributed by atoms with Crippen molar-refractivity contribution < 1.29 is 22.7 Å². The summed E-state index contributed by atoms with van der Waals surface area (Å²) in [5.74, 6) is 0.945. The molecule has 1 saturated heterocycles. The lowest BCUT2D eigenvalue weighted by Gasteiger charge is -2.18. The summed E-state index contributed by atoms with van der Waals surface area (Å²) in [7, 11) is -0.789. The average molecular weight is 404 g/mol. The maximum absolute atomic E-state index is 12.7. The number of sulfonamides is 1. The van der Waals surface area contributed by atoms with E-state index >= 15 is 0 Å². The summed E-state index contributed by atoms with van der Waals surface area (Å²) in [5.41, 5.74) is 1.78. The molecule has 1 aliphatic rings. The number of nitrogens with zero attached hydrogens (tertiary/aromatic N) is 1. The summed E-state index contributed by atoms with van der Waals surface area (Å²) in [6.45, 7) is 1.37. The highest BCUT2D eigenvalue weighted by Crippen LogP contribution is 2.29. The molecule has 8 heteroatoms. The molecule has 0 bridgehead atoms. The smallest absolute Gasteiger partial charge is 0.241 e. The molecule has 150 valence electrons. The Bertz CT molecular complexity index is 959. The van der Waals surface area contributed by atoms with Gasteiger partial charge in [-0.25, -0.2) is 13.1 Å². The molecule has 1 fully saturated rings. The van der Waals surface area contributed by atoms with Crippen molar-refractivity contribution in [3.8, 4) is 11.5 Å². The summed E-state index contributed by atoms with van der Waals surface area (Å²) < 4.78 is 38.4. The maximum Gasteiger partial charge on any atom is 0.241 e. The first kappa shape index (κ1) is 20.2. The minimum absolute atomic E-state index is 0.0948. The molecule has 1 amide bonds. The highest BCUT2D eigenvalue weighted by molar-refractivity contribution is 7.89. The van der Waals surface area contributed by atoms with Gasteiger partial charge in [-0.1, -0.05) is 24.3 Å². The van der Waals surface area contributed by atoms with Crippen LogP contribution in [0.25, 0.3) is 0 Å². The molecule has 1 N–H and O–H groups in total. The van der Waals surface area contributed by atoms with Gasteiger partial charge in [-0.2, -0.15) is 0 Å². The number of likely N-dealkylation sites (tertiary alicyclic amines) is 1. The van der Waals surface area contributed by atoms with Crippen LogP contribution in [0.4, 0.5) is 0 Å². The van der Waals surface area contributed by atoms with E-state index in [9.17, 15) is 13.2 Å². The standard InChI is InChI=1S/C20H24N2O5S/c1-26-18-10-9-17(12-19(18)27-2)28(24,25)21-13-15-6-3-4-7-16(15)14-22-11-5-8-20(22)23/h3-4,6-7,9-10,12,21H,5,8,11,13-14H2,1-2H3. The van der Waals surface area contributed by atoms with Crippen LogP contribution < -0.4 is 14.2 Å². The van der Waals surface area contributed by atoms with Crippen LogP contribution in [0, 0.1) is 0 Å². The van der Waals surface area contributed by atoms with Crippen molar-refractivity contribution in [3.63, 3.8) is 0 Å². The van der Waals surface area contributed by atoms with E-state index in [0.29, 0.717) is 24.5 Å². The third-order valence-electron chi connectivity index (χ3n) is 4.77. The number of hydrogen-bond acceptors (Lipinski definition) is 5. The van der Waals surface area contributed by atoms with E-state index in [0.717, 1.165) is 24.1 Å². The van der Waals surface area contributed by atoms with Crippen molar-refractivity contribution in [2.45, 2.75) is 30.8 Å². The second-order valence-electron chi connectivity index (χ2n) is 6.53. The highest BCUT2D eigenvalue weighted by atomic mass is 32.2. The SMILES string of the molecule is COc1ccc(S(=O)(=O)NCc2ccccc2CN2CCCC2=O)cc1OC. The van der Waals surface area contributed by atoms with Gasteiger partial charge in [-0.05, 0) is 29.7 Å². The molecular formula is C20H24N2O5S. The van der Waals surface area contributed by atoms with E-state index in [1.165, 1.54) is 26.4 Å². The lowest BCUT2D eigenvalue weighted by atomic mass is 10.1. The summed E-state index contributed by atoms with van der Waals surface area (Å²) >= 11 is 0. The number of ether oxygens (including phenoxy) is 2. The molecule has 0 atom stereocenters. The van der Waals surface area contributed by atoms with E-state index in [4.69, 9.17) is 9.47 Å². The second kappa shape index (κ2) is 8.62. The molecule has 0 radical (unpaired) electrons. The quantitative estimate of drug-likeness (QED) is 0.730. The molecule has 1 heterocycles. The van der Waals surface area contributed by atoms with Gasteiger partial charge in [-0.15, -0.1) is 0 Å². The van der Waals surface area contributed by atoms with Crippen molar-refractivity contribution in [2.75, 3.05) is 20.8 Å². The third kappa shape index (κ3) is 4.45. The van der Waals surface area contributed by atoms with Crippen molar-refractivity contribution in [1.29, 1.82) is 0 Å². The van der Waals surface area contributed by atoms with Crippen LogP contribution in [0.1, 0.15) is 24.0 Å². The first-order valence-electron chi connectivity index (χ1n) is 9.01. The largest absolute Gasteiger partial charge is 0.493 e. The zero-order valence-corrected chi connectivity index (χ0v) is 16.8. The fourth-order valence-electron chi connectivity index (χ4n) is 3.20. The normalized spacial score (nSPS) is 14.4. The molecule has 0 aliphatic carbocycles. The molecule has 28 heavy (non-hydrogen) atoms. The Morgan fingerprint density at radius 2 is 1.75 bits per heavy atom. The minimum atomic E-state index is -3.74. The Morgan fingerprint density at radius 1 is 1.04 bits per heavy atom. The van der Waals surface area contributed by atoms with Crippen LogP contribution in [0.15, 0.2) is 47.4 Å². The monoisotopic (exact) mass is 404 g/mol. The number of carbonyl (C=O) groups excluding carboxylic acids is 1. The predicted molar refractivity (Wildman–Crippen MR) is 105 cm³/mol. The summed E-state index contributed by atoms with van der Waals surface area (Å²) in [6, 6.07) is 12.0. The molecule has 0 unspecified atom stereocenters. The first-order valence-corrected chi connectivity index (χ1v) is 10.5. The van der Waals surface area contributed by atoms with Gasteiger partial charge < -0.3 is 14.4 Å². The molecule has 3 rings (SSSR count). The van der Waals surface area contributed by atoms with Gasteiger partial charge in [0.2, 0.25) is 15.9 Å². The van der Waals surface area contributed by atoms with Crippen LogP contribution in [0.3, 0.4) is 0 Å². The van der Waals surface area contributed by atoms with Crippen LogP contribution in [0.5, 0.6) is 11.5 Å². The molecular weight excluding hydrogens is 380 g/mol. The number of amides is 1. The van der Waals surface area contributed by atoms with E-state index in [-0.39, 0.29) is 17.3 Å². The van der Waals surface area contributed by atoms with Crippen molar-refractivity contribution >= 4 is 15.9 Å². The molecule has 0 spiro atoms. The summed E-state index contributed by atoms with van der Waals surface area (Å²) in [6.07, 6.45) is 1.45. The lowest BCUT2D eigenvalue weighted by molar-refractivity contribution is -0.128. The Labute approximate surface area is 165 Å². The second-order valence-corrected chi connectivity index (χ2v) is 8.30. The van der Waals surface area contributed by atoms with Crippen LogP contribution >= 0.6 is 0 Å². The van der Waals surface area contributed by atoms with Gasteiger partial charge in [0.25, 0.3) is 0 Å². The van der Waals surface area contributed by atoms with Gasteiger partial charge in [0.05, 0.1) is 19.1 Å². The summed E-state index contributed by atoms with van der Waals surface area (Å²) in [4.78, 5) is 13.8. The number of carbonyl (C=O) groups is 1. The van der Waals surface area contributed by atoms with Gasteiger partial charge >= 0.3 is 0 Å². The first-order chi connectivity index (χ1) is 13.4. The van der Waals surface area contributed by atoms with E-state index in [2.05, 4.69) is 4.72 Å². The summed E-state index contributed by atoms with van der Waals surface area (Å²) in [5, 5.41) is 0. The number of methoxy groups -OCH3 is 2. The molecule has 2 aromatic carbocycles. The Hall–Kier alpha value is -2.58. The number of hydrogen-bond donors (Lipinski definition) is 1. The Balaban J connectivity index is 1.75. The van der Waals surface area contributed by atoms with Crippen LogP contribution in [0.2, 0.25) is 0 Å². The van der Waals surface area contributed by atoms with Gasteiger partial charge in [0, 0.05) is 32.1 Å². The van der Waals surface area contributed by atoms with Gasteiger partial charge in [0.1, 0.15) is 0 Å². The number of nitrogens with one attached hydrogen (secondary N) is 1. The average Bonchev–Trinajstić information content (AvgIpc) is 3.11. The van der Waals surface area contributed by atoms with Crippen LogP contribution in [-0.2, 0) is 27.9 Å². The fraction of sp³-hybridized carbons (Fsp3) is 0.350. The predicted octanol–water partition coefficient (Wildman–Crippen LogP) is 2.30. The van der Waals surface area contributed by atoms with Crippen molar-refractivity contribution in [3.05, 3.63) is 53.6 Å². The van der Waals surface area contributed by atoms with Gasteiger partial charge in [-0.3, -0.25) is 4.79 Å². The number of rotatable bonds is 8. The molecule has 0 saturated carbocycles. The maximum atomic E-state index is 12.7. The van der Waals surface area contributed by atoms with Gasteiger partial charge in [0.15, 0.2) is 11.5 Å². The minimum Gasteiger partial charge on any atom is -0.493 e. The molecule has 0 aromatic heterocycles. The third-order valence-corrected chi connectivity index (χ3v) is 6.17. The molecule has 7 nitrogen and oxygen atoms in total. The Morgan fingerprint density at radius 3 is 2.39 bits per heavy atom. The molecule has 1 aliphatic heterocycles. The zero-order chi connectivity index (χ0) is 20.1. The zero-order valence-electron chi connectivity index (χ0n) is 16.0. The highest BCUT2D eigenvalue weighted by Gasteiger charge is 2.22. The number of benzene rings is 2. The van der Waals surface area contributed by atoms with E-state index in [1.807, 2.05) is 29.2 Å². The lowest BCUT2D eigenvalue weighted by Crippen LogP contribution is -2.27. The fourth-order valence-corrected chi connectivity index (χ4v) is 4.22. The van der Waals surface area contributed by atoms with Crippen molar-refractivity contribution in [1.82, 2.24) is 9.62 Å². The van der Waals surface area contributed by atoms with E-state index < -0.39 is 10.0 Å². The van der Waals surface area contributed by atoms with Crippen LogP contribution in [-0.4, -0.2) is 40.0 Å². The molecule has 2 aromatic rings.